The van der Waals surface area contributed by atoms with Gasteiger partial charge in [-0.3, -0.25) is 13.9 Å². The fraction of sp³-hybridized carbons (Fsp3) is 0.389. The van der Waals surface area contributed by atoms with Crippen molar-refractivity contribution in [3.8, 4) is 0 Å². The van der Waals surface area contributed by atoms with Crippen molar-refractivity contribution < 1.29 is 9.32 Å². The summed E-state index contributed by atoms with van der Waals surface area (Å²) in [5.74, 6) is 0.407. The molecule has 0 unspecified atom stereocenters. The maximum absolute atomic E-state index is 12.4. The van der Waals surface area contributed by atoms with Crippen LogP contribution in [0.1, 0.15) is 42.6 Å². The van der Waals surface area contributed by atoms with Gasteiger partial charge in [-0.2, -0.15) is 0 Å². The van der Waals surface area contributed by atoms with E-state index in [1.165, 1.54) is 0 Å². The number of carbonyl (C=O) groups is 1. The Morgan fingerprint density at radius 1 is 1.12 bits per heavy atom. The maximum atomic E-state index is 12.4. The first-order valence-corrected chi connectivity index (χ1v) is 8.54. The molecule has 132 valence electrons. The number of benzene rings is 1. The van der Waals surface area contributed by atoms with Gasteiger partial charge in [0.25, 0.3) is 5.91 Å². The van der Waals surface area contributed by atoms with E-state index in [2.05, 4.69) is 10.5 Å². The first-order valence-electron chi connectivity index (χ1n) is 8.54. The summed E-state index contributed by atoms with van der Waals surface area (Å²) in [6, 6.07) is 7.16. The third kappa shape index (κ3) is 3.09. The highest BCUT2D eigenvalue weighted by atomic mass is 16.5. The molecule has 0 atom stereocenters. The van der Waals surface area contributed by atoms with Gasteiger partial charge in [0.1, 0.15) is 0 Å². The second kappa shape index (κ2) is 6.96. The Hall–Kier alpha value is -2.83. The Bertz CT molecular complexity index is 965. The van der Waals surface area contributed by atoms with E-state index in [1.54, 1.807) is 21.3 Å². The third-order valence-corrected chi connectivity index (χ3v) is 4.31. The number of aromatic nitrogens is 3. The normalized spacial score (nSPS) is 11.2. The molecule has 0 radical (unpaired) electrons. The van der Waals surface area contributed by atoms with Crippen LogP contribution in [0.4, 0.5) is 0 Å². The minimum absolute atomic E-state index is 0.0497. The predicted octanol–water partition coefficient (Wildman–Crippen LogP) is 2.32. The highest BCUT2D eigenvalue weighted by molar-refractivity contribution is 5.97. The molecule has 0 fully saturated rings. The molecule has 0 aliphatic rings. The molecule has 0 saturated heterocycles. The fourth-order valence-electron chi connectivity index (χ4n) is 2.95. The molecule has 2 heterocycles. The van der Waals surface area contributed by atoms with Crippen molar-refractivity contribution in [2.75, 3.05) is 0 Å². The number of carbonyl (C=O) groups excluding carboxylic acids is 1. The molecule has 0 bridgehead atoms. The average molecular weight is 342 g/mol. The van der Waals surface area contributed by atoms with Crippen molar-refractivity contribution in [2.45, 2.75) is 46.8 Å². The zero-order valence-electron chi connectivity index (χ0n) is 14.7. The second-order valence-corrected chi connectivity index (χ2v) is 5.80. The molecule has 1 amide bonds. The Morgan fingerprint density at radius 3 is 2.48 bits per heavy atom. The lowest BCUT2D eigenvalue weighted by atomic mass is 10.2. The summed E-state index contributed by atoms with van der Waals surface area (Å²) in [6.07, 6.45) is 0.789. The number of hydrogen-bond acceptors (Lipinski definition) is 4. The van der Waals surface area contributed by atoms with Crippen LogP contribution < -0.4 is 11.0 Å². The Balaban J connectivity index is 1.85. The number of imidazole rings is 1. The summed E-state index contributed by atoms with van der Waals surface area (Å²) in [5, 5.41) is 6.73. The summed E-state index contributed by atoms with van der Waals surface area (Å²) in [6.45, 7) is 7.28. The Morgan fingerprint density at radius 2 is 1.84 bits per heavy atom. The van der Waals surface area contributed by atoms with E-state index < -0.39 is 0 Å². The number of fused-ring (bicyclic) bond motifs is 1. The molecule has 0 saturated carbocycles. The van der Waals surface area contributed by atoms with Crippen molar-refractivity contribution in [1.29, 1.82) is 0 Å². The molecule has 3 rings (SSSR count). The number of nitrogens with zero attached hydrogens (tertiary/aromatic N) is 3. The van der Waals surface area contributed by atoms with E-state index >= 15 is 0 Å². The summed E-state index contributed by atoms with van der Waals surface area (Å²) >= 11 is 0. The number of hydrogen-bond donors (Lipinski definition) is 1. The van der Waals surface area contributed by atoms with Crippen molar-refractivity contribution in [3.05, 3.63) is 51.8 Å². The van der Waals surface area contributed by atoms with Crippen LogP contribution >= 0.6 is 0 Å². The van der Waals surface area contributed by atoms with E-state index in [0.29, 0.717) is 24.4 Å². The minimum Gasteiger partial charge on any atom is -0.359 e. The Labute approximate surface area is 145 Å². The van der Waals surface area contributed by atoms with Gasteiger partial charge in [-0.1, -0.05) is 12.1 Å². The zero-order chi connectivity index (χ0) is 18.0. The van der Waals surface area contributed by atoms with Gasteiger partial charge in [0.15, 0.2) is 5.76 Å². The van der Waals surface area contributed by atoms with E-state index in [9.17, 15) is 9.59 Å². The van der Waals surface area contributed by atoms with Gasteiger partial charge in [-0.15, -0.1) is 0 Å². The van der Waals surface area contributed by atoms with Gasteiger partial charge < -0.3 is 9.84 Å². The fourth-order valence-corrected chi connectivity index (χ4v) is 2.95. The van der Waals surface area contributed by atoms with Gasteiger partial charge in [-0.05, 0) is 38.5 Å². The SMILES string of the molecule is CCc1cc(CNC(=O)c2ccc3c(c2)n(CC)c(=O)n3CC)on1. The molecule has 0 spiro atoms. The molecule has 1 aromatic carbocycles. The van der Waals surface area contributed by atoms with Crippen LogP contribution in [0.25, 0.3) is 11.0 Å². The van der Waals surface area contributed by atoms with Crippen LogP contribution in [0.5, 0.6) is 0 Å². The van der Waals surface area contributed by atoms with Crippen LogP contribution in [-0.4, -0.2) is 20.2 Å². The molecule has 2 aromatic heterocycles. The largest absolute Gasteiger partial charge is 0.359 e. The molecule has 25 heavy (non-hydrogen) atoms. The molecule has 0 aliphatic carbocycles. The quantitative estimate of drug-likeness (QED) is 0.745. The van der Waals surface area contributed by atoms with Crippen LogP contribution in [0.3, 0.4) is 0 Å². The smallest absolute Gasteiger partial charge is 0.329 e. The molecule has 3 aromatic rings. The van der Waals surface area contributed by atoms with Crippen molar-refractivity contribution >= 4 is 16.9 Å². The van der Waals surface area contributed by atoms with Crippen molar-refractivity contribution in [1.82, 2.24) is 19.6 Å². The van der Waals surface area contributed by atoms with Gasteiger partial charge in [-0.25, -0.2) is 4.79 Å². The third-order valence-electron chi connectivity index (χ3n) is 4.31. The van der Waals surface area contributed by atoms with Gasteiger partial charge in [0.05, 0.1) is 23.3 Å². The lowest BCUT2D eigenvalue weighted by Gasteiger charge is -2.05. The van der Waals surface area contributed by atoms with Gasteiger partial charge >= 0.3 is 5.69 Å². The molecular weight excluding hydrogens is 320 g/mol. The standard InChI is InChI=1S/C18H22N4O3/c1-4-13-10-14(25-20-13)11-19-17(23)12-7-8-15-16(9-12)22(6-3)18(24)21(15)5-2/h7-10H,4-6,11H2,1-3H3,(H,19,23). The highest BCUT2D eigenvalue weighted by Gasteiger charge is 2.14. The lowest BCUT2D eigenvalue weighted by molar-refractivity contribution is 0.0947. The predicted molar refractivity (Wildman–Crippen MR) is 94.6 cm³/mol. The minimum atomic E-state index is -0.212. The maximum Gasteiger partial charge on any atom is 0.329 e. The molecule has 0 aliphatic heterocycles. The second-order valence-electron chi connectivity index (χ2n) is 5.80. The molecule has 7 nitrogen and oxygen atoms in total. The van der Waals surface area contributed by atoms with Gasteiger partial charge in [0.2, 0.25) is 0 Å². The summed E-state index contributed by atoms with van der Waals surface area (Å²) in [5.41, 5.74) is 2.94. The number of amides is 1. The summed E-state index contributed by atoms with van der Waals surface area (Å²) in [7, 11) is 0. The molecule has 7 heteroatoms. The average Bonchev–Trinajstić information content (AvgIpc) is 3.20. The number of aryl methyl sites for hydroxylation is 3. The van der Waals surface area contributed by atoms with E-state index in [4.69, 9.17) is 4.52 Å². The lowest BCUT2D eigenvalue weighted by Crippen LogP contribution is -2.23. The number of rotatable bonds is 6. The van der Waals surface area contributed by atoms with Gasteiger partial charge in [0, 0.05) is 24.7 Å². The summed E-state index contributed by atoms with van der Waals surface area (Å²) in [4.78, 5) is 24.8. The van der Waals surface area contributed by atoms with E-state index in [0.717, 1.165) is 23.1 Å². The van der Waals surface area contributed by atoms with Crippen molar-refractivity contribution in [3.63, 3.8) is 0 Å². The van der Waals surface area contributed by atoms with E-state index in [-0.39, 0.29) is 18.1 Å². The van der Waals surface area contributed by atoms with Crippen LogP contribution in [-0.2, 0) is 26.1 Å². The Kier molecular flexibility index (Phi) is 4.74. The first-order chi connectivity index (χ1) is 12.1. The monoisotopic (exact) mass is 342 g/mol. The van der Waals surface area contributed by atoms with Crippen LogP contribution in [0.2, 0.25) is 0 Å². The highest BCUT2D eigenvalue weighted by Crippen LogP contribution is 2.16. The van der Waals surface area contributed by atoms with E-state index in [1.807, 2.05) is 32.9 Å². The summed E-state index contributed by atoms with van der Waals surface area (Å²) < 4.78 is 8.56. The topological polar surface area (TPSA) is 82.1 Å². The molecular formula is C18H22N4O3. The number of nitrogens with one attached hydrogen (secondary N) is 1. The van der Waals surface area contributed by atoms with Crippen LogP contribution in [0.15, 0.2) is 33.6 Å². The van der Waals surface area contributed by atoms with Crippen molar-refractivity contribution in [2.24, 2.45) is 0 Å². The molecule has 1 N–H and O–H groups in total. The zero-order valence-corrected chi connectivity index (χ0v) is 14.7. The van der Waals surface area contributed by atoms with Crippen LogP contribution in [0, 0.1) is 0 Å². The first kappa shape index (κ1) is 17.0.